The van der Waals surface area contributed by atoms with Crippen molar-refractivity contribution in [2.24, 2.45) is 0 Å². The number of aromatic nitrogens is 4. The van der Waals surface area contributed by atoms with E-state index in [-0.39, 0.29) is 6.54 Å². The van der Waals surface area contributed by atoms with Crippen molar-refractivity contribution >= 4 is 51.7 Å². The SMILES string of the molecule is O=C(O)Cn1c(-c2cnns2)nc2cc(Cl)c(Cl)cc21. The lowest BCUT2D eigenvalue weighted by atomic mass is 10.3. The van der Waals surface area contributed by atoms with Crippen molar-refractivity contribution in [3.8, 4) is 10.7 Å². The average Bonchev–Trinajstić information content (AvgIpc) is 2.99. The van der Waals surface area contributed by atoms with Gasteiger partial charge >= 0.3 is 5.97 Å². The van der Waals surface area contributed by atoms with Gasteiger partial charge in [-0.15, -0.1) is 5.10 Å². The van der Waals surface area contributed by atoms with E-state index in [9.17, 15) is 4.79 Å². The minimum Gasteiger partial charge on any atom is -0.480 e. The van der Waals surface area contributed by atoms with Gasteiger partial charge in [0.15, 0.2) is 5.82 Å². The molecule has 2 aromatic heterocycles. The summed E-state index contributed by atoms with van der Waals surface area (Å²) in [6.45, 7) is -0.234. The zero-order valence-corrected chi connectivity index (χ0v) is 12.1. The molecular weight excluding hydrogens is 323 g/mol. The molecule has 0 atom stereocenters. The van der Waals surface area contributed by atoms with Crippen LogP contribution in [0, 0.1) is 0 Å². The second kappa shape index (κ2) is 5.01. The van der Waals surface area contributed by atoms with Crippen LogP contribution in [-0.2, 0) is 11.3 Å². The topological polar surface area (TPSA) is 80.9 Å². The smallest absolute Gasteiger partial charge is 0.323 e. The predicted molar refractivity (Wildman–Crippen MR) is 76.3 cm³/mol. The Morgan fingerprint density at radius 1 is 1.35 bits per heavy atom. The molecule has 0 bridgehead atoms. The second-order valence-corrected chi connectivity index (χ2v) is 5.55. The molecule has 20 heavy (non-hydrogen) atoms. The van der Waals surface area contributed by atoms with Crippen LogP contribution in [0.5, 0.6) is 0 Å². The highest BCUT2D eigenvalue weighted by Gasteiger charge is 2.17. The molecule has 2 heterocycles. The molecule has 0 fully saturated rings. The number of carbonyl (C=O) groups is 1. The van der Waals surface area contributed by atoms with E-state index in [0.29, 0.717) is 31.8 Å². The fourth-order valence-corrected chi connectivity index (χ4v) is 2.70. The van der Waals surface area contributed by atoms with Crippen molar-refractivity contribution in [2.45, 2.75) is 6.54 Å². The van der Waals surface area contributed by atoms with Crippen molar-refractivity contribution < 1.29 is 9.90 Å². The highest BCUT2D eigenvalue weighted by molar-refractivity contribution is 7.09. The van der Waals surface area contributed by atoms with Crippen LogP contribution in [0.4, 0.5) is 0 Å². The van der Waals surface area contributed by atoms with Gasteiger partial charge in [0.05, 0.1) is 27.3 Å². The van der Waals surface area contributed by atoms with Gasteiger partial charge in [-0.25, -0.2) is 4.98 Å². The number of rotatable bonds is 3. The fraction of sp³-hybridized carbons (Fsp3) is 0.0909. The molecule has 0 aliphatic heterocycles. The molecule has 6 nitrogen and oxygen atoms in total. The first-order valence-corrected chi connectivity index (χ1v) is 6.94. The Labute approximate surface area is 126 Å². The molecule has 1 N–H and O–H groups in total. The number of halogens is 2. The summed E-state index contributed by atoms with van der Waals surface area (Å²) in [6.07, 6.45) is 1.54. The van der Waals surface area contributed by atoms with Gasteiger partial charge in [0.2, 0.25) is 0 Å². The summed E-state index contributed by atoms with van der Waals surface area (Å²) < 4.78 is 5.31. The highest BCUT2D eigenvalue weighted by Crippen LogP contribution is 2.31. The van der Waals surface area contributed by atoms with E-state index in [1.165, 1.54) is 6.20 Å². The van der Waals surface area contributed by atoms with Gasteiger partial charge in [-0.05, 0) is 23.7 Å². The van der Waals surface area contributed by atoms with Gasteiger partial charge in [0.1, 0.15) is 11.4 Å². The lowest BCUT2D eigenvalue weighted by molar-refractivity contribution is -0.137. The summed E-state index contributed by atoms with van der Waals surface area (Å²) in [7, 11) is 0. The molecule has 1 aromatic carbocycles. The molecule has 0 saturated heterocycles. The van der Waals surface area contributed by atoms with Gasteiger partial charge in [-0.3, -0.25) is 4.79 Å². The van der Waals surface area contributed by atoms with Gasteiger partial charge in [0.25, 0.3) is 0 Å². The maximum Gasteiger partial charge on any atom is 0.323 e. The van der Waals surface area contributed by atoms with Gasteiger partial charge in [-0.2, -0.15) is 0 Å². The van der Waals surface area contributed by atoms with Crippen molar-refractivity contribution in [1.29, 1.82) is 0 Å². The van der Waals surface area contributed by atoms with Crippen LogP contribution in [0.1, 0.15) is 0 Å². The normalized spacial score (nSPS) is 11.1. The molecule has 0 aliphatic rings. The van der Waals surface area contributed by atoms with E-state index < -0.39 is 5.97 Å². The van der Waals surface area contributed by atoms with E-state index in [2.05, 4.69) is 14.6 Å². The highest BCUT2D eigenvalue weighted by atomic mass is 35.5. The summed E-state index contributed by atoms with van der Waals surface area (Å²) in [5.41, 5.74) is 1.18. The Hall–Kier alpha value is -1.70. The molecule has 0 unspecified atom stereocenters. The van der Waals surface area contributed by atoms with Crippen LogP contribution in [0.15, 0.2) is 18.3 Å². The first kappa shape index (κ1) is 13.3. The average molecular weight is 329 g/mol. The van der Waals surface area contributed by atoms with Crippen molar-refractivity contribution in [2.75, 3.05) is 0 Å². The quantitative estimate of drug-likeness (QED) is 0.799. The lowest BCUT2D eigenvalue weighted by Crippen LogP contribution is -2.09. The molecule has 102 valence electrons. The van der Waals surface area contributed by atoms with Crippen LogP contribution >= 0.6 is 34.7 Å². The van der Waals surface area contributed by atoms with E-state index in [0.717, 1.165) is 11.5 Å². The zero-order valence-electron chi connectivity index (χ0n) is 9.75. The molecule has 9 heteroatoms. The number of hydrogen-bond donors (Lipinski definition) is 1. The number of carboxylic acids is 1. The maximum absolute atomic E-state index is 11.0. The summed E-state index contributed by atoms with van der Waals surface area (Å²) in [5, 5.41) is 13.5. The largest absolute Gasteiger partial charge is 0.480 e. The van der Waals surface area contributed by atoms with Crippen LogP contribution in [-0.4, -0.2) is 30.2 Å². The van der Waals surface area contributed by atoms with Crippen LogP contribution in [0.25, 0.3) is 21.7 Å². The summed E-state index contributed by atoms with van der Waals surface area (Å²) in [5.74, 6) is -0.496. The van der Waals surface area contributed by atoms with E-state index in [1.54, 1.807) is 16.7 Å². The molecule has 3 aromatic rings. The third kappa shape index (κ3) is 2.24. The van der Waals surface area contributed by atoms with Gasteiger partial charge in [-0.1, -0.05) is 27.7 Å². The number of aliphatic carboxylic acids is 1. The zero-order chi connectivity index (χ0) is 14.3. The number of fused-ring (bicyclic) bond motifs is 1. The Bertz CT molecular complexity index is 800. The van der Waals surface area contributed by atoms with E-state index >= 15 is 0 Å². The first-order chi connectivity index (χ1) is 9.56. The first-order valence-electron chi connectivity index (χ1n) is 5.41. The molecule has 0 spiro atoms. The maximum atomic E-state index is 11.0. The number of nitrogens with zero attached hydrogens (tertiary/aromatic N) is 4. The number of benzene rings is 1. The van der Waals surface area contributed by atoms with Crippen molar-refractivity contribution in [3.05, 3.63) is 28.4 Å². The Balaban J connectivity index is 2.30. The third-order valence-electron chi connectivity index (χ3n) is 2.67. The number of carboxylic acid groups (broad SMARTS) is 1. The Morgan fingerprint density at radius 2 is 2.10 bits per heavy atom. The van der Waals surface area contributed by atoms with E-state index in [4.69, 9.17) is 28.3 Å². The predicted octanol–water partition coefficient (Wildman–Crippen LogP) is 2.95. The van der Waals surface area contributed by atoms with Gasteiger partial charge < -0.3 is 9.67 Å². The van der Waals surface area contributed by atoms with Crippen molar-refractivity contribution in [1.82, 2.24) is 19.1 Å². The standard InChI is InChI=1S/C11H6Cl2N4O2S/c12-5-1-7-8(2-6(5)13)17(4-10(18)19)11(15-7)9-3-14-16-20-9/h1-3H,4H2,(H,18,19). The van der Waals surface area contributed by atoms with Crippen LogP contribution in [0.2, 0.25) is 10.0 Å². The molecule has 0 radical (unpaired) electrons. The number of imidazole rings is 1. The molecular formula is C11H6Cl2N4O2S. The summed E-state index contributed by atoms with van der Waals surface area (Å²) >= 11 is 13.1. The summed E-state index contributed by atoms with van der Waals surface area (Å²) in [4.78, 5) is 16.1. The van der Waals surface area contributed by atoms with E-state index in [1.807, 2.05) is 0 Å². The minimum atomic E-state index is -0.978. The monoisotopic (exact) mass is 328 g/mol. The summed E-state index contributed by atoms with van der Waals surface area (Å²) in [6, 6.07) is 3.21. The fourth-order valence-electron chi connectivity index (χ4n) is 1.87. The molecule has 3 rings (SSSR count). The minimum absolute atomic E-state index is 0.234. The van der Waals surface area contributed by atoms with Crippen LogP contribution in [0.3, 0.4) is 0 Å². The molecule has 0 saturated carbocycles. The van der Waals surface area contributed by atoms with Gasteiger partial charge in [0, 0.05) is 0 Å². The second-order valence-electron chi connectivity index (χ2n) is 3.95. The van der Waals surface area contributed by atoms with Crippen LogP contribution < -0.4 is 0 Å². The van der Waals surface area contributed by atoms with Crippen molar-refractivity contribution in [3.63, 3.8) is 0 Å². The number of hydrogen-bond acceptors (Lipinski definition) is 5. The Kier molecular flexibility index (Phi) is 3.33. The molecule has 0 amide bonds. The lowest BCUT2D eigenvalue weighted by Gasteiger charge is -2.04. The Morgan fingerprint density at radius 3 is 2.75 bits per heavy atom. The third-order valence-corrected chi connectivity index (χ3v) is 4.05. The molecule has 0 aliphatic carbocycles.